The highest BCUT2D eigenvalue weighted by Crippen LogP contribution is 2.26. The van der Waals surface area contributed by atoms with Gasteiger partial charge < -0.3 is 5.32 Å². The molecule has 1 heteroatoms. The van der Waals surface area contributed by atoms with Crippen LogP contribution in [0.4, 0.5) is 0 Å². The minimum atomic E-state index is 0.559. The van der Waals surface area contributed by atoms with Crippen molar-refractivity contribution < 1.29 is 0 Å². The molecule has 1 nitrogen and oxygen atoms in total. The van der Waals surface area contributed by atoms with Gasteiger partial charge in [-0.05, 0) is 36.8 Å². The van der Waals surface area contributed by atoms with Gasteiger partial charge in [-0.25, -0.2) is 0 Å². The maximum absolute atomic E-state index is 3.69. The van der Waals surface area contributed by atoms with E-state index < -0.39 is 0 Å². The molecule has 1 atom stereocenters. The Morgan fingerprint density at radius 2 is 1.87 bits per heavy atom. The Labute approximate surface area is 92.9 Å². The summed E-state index contributed by atoms with van der Waals surface area (Å²) in [4.78, 5) is 0. The van der Waals surface area contributed by atoms with Crippen LogP contribution in [0.15, 0.2) is 24.3 Å². The lowest BCUT2D eigenvalue weighted by atomic mass is 10.0. The molecule has 0 saturated heterocycles. The zero-order valence-electron chi connectivity index (χ0n) is 9.79. The molecule has 2 rings (SSSR count). The van der Waals surface area contributed by atoms with E-state index in [2.05, 4.69) is 43.4 Å². The van der Waals surface area contributed by atoms with E-state index in [1.54, 1.807) is 0 Å². The molecule has 1 aromatic rings. The van der Waals surface area contributed by atoms with Crippen molar-refractivity contribution in [3.63, 3.8) is 0 Å². The Morgan fingerprint density at radius 1 is 1.20 bits per heavy atom. The molecular formula is C14H21N. The summed E-state index contributed by atoms with van der Waals surface area (Å²) >= 11 is 0. The fourth-order valence-electron chi connectivity index (χ4n) is 1.97. The molecule has 1 aliphatic rings. The minimum Gasteiger partial charge on any atom is -0.307 e. The van der Waals surface area contributed by atoms with Crippen LogP contribution in [-0.2, 0) is 6.42 Å². The van der Waals surface area contributed by atoms with Crippen LogP contribution in [0, 0.1) is 0 Å². The van der Waals surface area contributed by atoms with Crippen molar-refractivity contribution in [1.82, 2.24) is 5.32 Å². The molecule has 82 valence electrons. The predicted octanol–water partition coefficient (Wildman–Crippen LogP) is 3.45. The van der Waals surface area contributed by atoms with Gasteiger partial charge in [0.2, 0.25) is 0 Å². The normalized spacial score (nSPS) is 17.7. The quantitative estimate of drug-likeness (QED) is 0.773. The van der Waals surface area contributed by atoms with Crippen LogP contribution in [0.5, 0.6) is 0 Å². The van der Waals surface area contributed by atoms with Gasteiger partial charge in [-0.2, -0.15) is 0 Å². The second-order valence-electron chi connectivity index (χ2n) is 4.50. The summed E-state index contributed by atoms with van der Waals surface area (Å²) in [5, 5.41) is 3.69. The monoisotopic (exact) mass is 203 g/mol. The molecular weight excluding hydrogens is 182 g/mol. The second-order valence-corrected chi connectivity index (χ2v) is 4.50. The van der Waals surface area contributed by atoms with Crippen molar-refractivity contribution in [3.05, 3.63) is 35.4 Å². The minimum absolute atomic E-state index is 0.559. The Hall–Kier alpha value is -0.820. The summed E-state index contributed by atoms with van der Waals surface area (Å²) in [6, 6.07) is 10.4. The van der Waals surface area contributed by atoms with Gasteiger partial charge in [0.05, 0.1) is 0 Å². The Balaban J connectivity index is 2.03. The van der Waals surface area contributed by atoms with E-state index in [0.29, 0.717) is 6.04 Å². The highest BCUT2D eigenvalue weighted by Gasteiger charge is 2.24. The van der Waals surface area contributed by atoms with Gasteiger partial charge >= 0.3 is 0 Å². The number of nitrogens with one attached hydrogen (secondary N) is 1. The summed E-state index contributed by atoms with van der Waals surface area (Å²) in [7, 11) is 0. The van der Waals surface area contributed by atoms with Crippen molar-refractivity contribution >= 4 is 0 Å². The molecule has 0 bridgehead atoms. The van der Waals surface area contributed by atoms with Gasteiger partial charge in [0.1, 0.15) is 0 Å². The lowest BCUT2D eigenvalue weighted by Crippen LogP contribution is -2.22. The highest BCUT2D eigenvalue weighted by molar-refractivity contribution is 5.25. The van der Waals surface area contributed by atoms with Crippen LogP contribution in [0.1, 0.15) is 50.3 Å². The van der Waals surface area contributed by atoms with Crippen LogP contribution in [0.25, 0.3) is 0 Å². The third kappa shape index (κ3) is 2.82. The van der Waals surface area contributed by atoms with Crippen LogP contribution >= 0.6 is 0 Å². The molecule has 1 aromatic carbocycles. The summed E-state index contributed by atoms with van der Waals surface area (Å²) < 4.78 is 0. The van der Waals surface area contributed by atoms with E-state index in [0.717, 1.165) is 12.5 Å². The van der Waals surface area contributed by atoms with Gasteiger partial charge in [0, 0.05) is 12.1 Å². The molecule has 1 N–H and O–H groups in total. The number of aryl methyl sites for hydroxylation is 1. The Bertz CT molecular complexity index is 298. The van der Waals surface area contributed by atoms with E-state index in [1.807, 2.05) is 0 Å². The lowest BCUT2D eigenvalue weighted by Gasteiger charge is -2.17. The summed E-state index contributed by atoms with van der Waals surface area (Å²) in [5.41, 5.74) is 2.88. The largest absolute Gasteiger partial charge is 0.307 e. The average Bonchev–Trinajstić information content (AvgIpc) is 3.10. The topological polar surface area (TPSA) is 12.0 Å². The zero-order valence-corrected chi connectivity index (χ0v) is 9.79. The van der Waals surface area contributed by atoms with E-state index in [9.17, 15) is 0 Å². The van der Waals surface area contributed by atoms with E-state index in [1.165, 1.54) is 30.4 Å². The van der Waals surface area contributed by atoms with Gasteiger partial charge in [0.15, 0.2) is 0 Å². The number of hydrogen-bond donors (Lipinski definition) is 1. The van der Waals surface area contributed by atoms with Crippen LogP contribution in [0.3, 0.4) is 0 Å². The smallest absolute Gasteiger partial charge is 0.0320 e. The molecule has 1 fully saturated rings. The van der Waals surface area contributed by atoms with Gasteiger partial charge in [-0.15, -0.1) is 0 Å². The molecule has 1 saturated carbocycles. The third-order valence-corrected chi connectivity index (χ3v) is 3.21. The van der Waals surface area contributed by atoms with Crippen molar-refractivity contribution in [1.29, 1.82) is 0 Å². The predicted molar refractivity (Wildman–Crippen MR) is 65.0 cm³/mol. The van der Waals surface area contributed by atoms with Crippen molar-refractivity contribution in [2.75, 3.05) is 0 Å². The van der Waals surface area contributed by atoms with Gasteiger partial charge in [0.25, 0.3) is 0 Å². The Kier molecular flexibility index (Phi) is 3.42. The second kappa shape index (κ2) is 4.80. The molecule has 0 aromatic heterocycles. The first-order valence-corrected chi connectivity index (χ1v) is 6.18. The fourth-order valence-corrected chi connectivity index (χ4v) is 1.97. The first-order chi connectivity index (χ1) is 7.33. The van der Waals surface area contributed by atoms with Crippen LogP contribution in [-0.4, -0.2) is 6.04 Å². The standard InChI is InChI=1S/C14H21N/c1-3-11-5-7-12(8-6-11)14(4-2)15-13-9-10-13/h5-8,13-15H,3-4,9-10H2,1-2H3/t14-/m1/s1. The summed E-state index contributed by atoms with van der Waals surface area (Å²) in [5.74, 6) is 0. The third-order valence-electron chi connectivity index (χ3n) is 3.21. The molecule has 0 spiro atoms. The maximum Gasteiger partial charge on any atom is 0.0320 e. The zero-order chi connectivity index (χ0) is 10.7. The molecule has 0 radical (unpaired) electrons. The number of hydrogen-bond acceptors (Lipinski definition) is 1. The first kappa shape index (κ1) is 10.7. The van der Waals surface area contributed by atoms with Crippen molar-refractivity contribution in [3.8, 4) is 0 Å². The first-order valence-electron chi connectivity index (χ1n) is 6.18. The molecule has 0 heterocycles. The van der Waals surface area contributed by atoms with Gasteiger partial charge in [-0.1, -0.05) is 38.1 Å². The number of benzene rings is 1. The molecule has 0 aliphatic heterocycles. The maximum atomic E-state index is 3.69. The summed E-state index contributed by atoms with van der Waals surface area (Å²) in [6.45, 7) is 4.46. The number of rotatable bonds is 5. The van der Waals surface area contributed by atoms with Crippen molar-refractivity contribution in [2.24, 2.45) is 0 Å². The lowest BCUT2D eigenvalue weighted by molar-refractivity contribution is 0.516. The average molecular weight is 203 g/mol. The van der Waals surface area contributed by atoms with E-state index in [-0.39, 0.29) is 0 Å². The Morgan fingerprint density at radius 3 is 2.33 bits per heavy atom. The van der Waals surface area contributed by atoms with E-state index >= 15 is 0 Å². The molecule has 1 aliphatic carbocycles. The SMILES string of the molecule is CCc1ccc([C@@H](CC)NC2CC2)cc1. The molecule has 15 heavy (non-hydrogen) atoms. The van der Waals surface area contributed by atoms with Crippen molar-refractivity contribution in [2.45, 2.75) is 51.6 Å². The summed E-state index contributed by atoms with van der Waals surface area (Å²) in [6.07, 6.45) is 5.04. The van der Waals surface area contributed by atoms with Gasteiger partial charge in [-0.3, -0.25) is 0 Å². The molecule has 0 amide bonds. The fraction of sp³-hybridized carbons (Fsp3) is 0.571. The highest BCUT2D eigenvalue weighted by atomic mass is 15.0. The van der Waals surface area contributed by atoms with Crippen LogP contribution in [0.2, 0.25) is 0 Å². The molecule has 0 unspecified atom stereocenters. The van der Waals surface area contributed by atoms with E-state index in [4.69, 9.17) is 0 Å². The van der Waals surface area contributed by atoms with Crippen LogP contribution < -0.4 is 5.32 Å².